The summed E-state index contributed by atoms with van der Waals surface area (Å²) in [4.78, 5) is 13.4. The Morgan fingerprint density at radius 2 is 1.85 bits per heavy atom. The van der Waals surface area contributed by atoms with Gasteiger partial charge in [0.05, 0.1) is 27.4 Å². The van der Waals surface area contributed by atoms with Crippen LogP contribution in [0.5, 0.6) is 17.2 Å². The largest absolute Gasteiger partial charge is 0.497 e. The maximum atomic E-state index is 12.3. The molecule has 26 heavy (non-hydrogen) atoms. The summed E-state index contributed by atoms with van der Waals surface area (Å²) in [5.74, 6) is 2.20. The summed E-state index contributed by atoms with van der Waals surface area (Å²) in [6.45, 7) is 2.41. The number of nitrogens with one attached hydrogen (secondary N) is 2. The molecule has 0 radical (unpaired) electrons. The molecule has 1 aliphatic rings. The van der Waals surface area contributed by atoms with Gasteiger partial charge >= 0.3 is 0 Å². The lowest BCUT2D eigenvalue weighted by Crippen LogP contribution is -3.08. The fourth-order valence-corrected chi connectivity index (χ4v) is 2.87. The Balaban J connectivity index is 1.53. The Morgan fingerprint density at radius 3 is 2.58 bits per heavy atom. The molecule has 6 nitrogen and oxygen atoms in total. The van der Waals surface area contributed by atoms with E-state index in [1.807, 2.05) is 49.5 Å². The van der Waals surface area contributed by atoms with E-state index in [9.17, 15) is 4.79 Å². The SMILES string of the molecule is COc1ccc(C[NH+](C)CC(=O)Nc2ccc3c(c2)OCCCO3)cc1. The zero-order chi connectivity index (χ0) is 18.4. The predicted molar refractivity (Wildman–Crippen MR) is 99.1 cm³/mol. The first-order valence-corrected chi connectivity index (χ1v) is 8.78. The molecule has 1 aliphatic heterocycles. The quantitative estimate of drug-likeness (QED) is 0.823. The molecule has 0 spiro atoms. The average molecular weight is 357 g/mol. The molecule has 138 valence electrons. The van der Waals surface area contributed by atoms with Crippen LogP contribution in [-0.2, 0) is 11.3 Å². The molecule has 0 aromatic heterocycles. The van der Waals surface area contributed by atoms with E-state index < -0.39 is 0 Å². The highest BCUT2D eigenvalue weighted by atomic mass is 16.5. The van der Waals surface area contributed by atoms with Crippen molar-refractivity contribution in [2.45, 2.75) is 13.0 Å². The van der Waals surface area contributed by atoms with Gasteiger partial charge in [-0.3, -0.25) is 4.79 Å². The predicted octanol–water partition coefficient (Wildman–Crippen LogP) is 1.51. The zero-order valence-electron chi connectivity index (χ0n) is 15.2. The van der Waals surface area contributed by atoms with Gasteiger partial charge in [0, 0.05) is 23.7 Å². The highest BCUT2D eigenvalue weighted by Gasteiger charge is 2.14. The molecule has 0 saturated heterocycles. The fourth-order valence-electron chi connectivity index (χ4n) is 2.87. The lowest BCUT2D eigenvalue weighted by atomic mass is 10.2. The monoisotopic (exact) mass is 357 g/mol. The number of likely N-dealkylation sites (N-methyl/N-ethyl adjacent to an activating group) is 1. The number of hydrogen-bond donors (Lipinski definition) is 2. The molecule has 2 N–H and O–H groups in total. The molecule has 1 amide bonds. The van der Waals surface area contributed by atoms with E-state index in [0.29, 0.717) is 25.5 Å². The van der Waals surface area contributed by atoms with Crippen molar-refractivity contribution >= 4 is 11.6 Å². The molecule has 2 aromatic carbocycles. The van der Waals surface area contributed by atoms with Gasteiger partial charge in [-0.05, 0) is 36.4 Å². The van der Waals surface area contributed by atoms with Crippen LogP contribution in [0.2, 0.25) is 0 Å². The summed E-state index contributed by atoms with van der Waals surface area (Å²) in [6.07, 6.45) is 0.857. The number of amides is 1. The van der Waals surface area contributed by atoms with Crippen molar-refractivity contribution in [2.75, 3.05) is 39.2 Å². The molecule has 3 rings (SSSR count). The Morgan fingerprint density at radius 1 is 1.12 bits per heavy atom. The van der Waals surface area contributed by atoms with Crippen LogP contribution >= 0.6 is 0 Å². The van der Waals surface area contributed by atoms with Gasteiger partial charge in [0.2, 0.25) is 0 Å². The fraction of sp³-hybridized carbons (Fsp3) is 0.350. The minimum atomic E-state index is -0.0366. The molecular formula is C20H25N2O4+. The standard InChI is InChI=1S/C20H24N2O4/c1-22(13-15-4-7-17(24-2)8-5-15)14-20(23)21-16-6-9-18-19(12-16)26-11-3-10-25-18/h4-9,12H,3,10-11,13-14H2,1-2H3,(H,21,23)/p+1. The van der Waals surface area contributed by atoms with Gasteiger partial charge in [-0.1, -0.05) is 0 Å². The number of carbonyl (C=O) groups excluding carboxylic acids is 1. The van der Waals surface area contributed by atoms with Crippen LogP contribution in [0.4, 0.5) is 5.69 Å². The first-order valence-electron chi connectivity index (χ1n) is 8.78. The summed E-state index contributed by atoms with van der Waals surface area (Å²) in [7, 11) is 3.65. The lowest BCUT2D eigenvalue weighted by molar-refractivity contribution is -0.885. The second-order valence-electron chi connectivity index (χ2n) is 6.42. The van der Waals surface area contributed by atoms with Crippen molar-refractivity contribution in [1.82, 2.24) is 0 Å². The highest BCUT2D eigenvalue weighted by molar-refractivity contribution is 5.91. The van der Waals surface area contributed by atoms with E-state index >= 15 is 0 Å². The normalized spacial score (nSPS) is 14.2. The van der Waals surface area contributed by atoms with Gasteiger partial charge in [0.1, 0.15) is 12.3 Å². The van der Waals surface area contributed by atoms with E-state index in [4.69, 9.17) is 14.2 Å². The molecule has 1 unspecified atom stereocenters. The van der Waals surface area contributed by atoms with Crippen LogP contribution in [0.1, 0.15) is 12.0 Å². The number of ether oxygens (including phenoxy) is 3. The first kappa shape index (κ1) is 18.1. The zero-order valence-corrected chi connectivity index (χ0v) is 15.2. The molecular weight excluding hydrogens is 332 g/mol. The van der Waals surface area contributed by atoms with Gasteiger partial charge in [-0.25, -0.2) is 0 Å². The third-order valence-electron chi connectivity index (χ3n) is 4.16. The van der Waals surface area contributed by atoms with Crippen LogP contribution < -0.4 is 24.4 Å². The summed E-state index contributed by atoms with van der Waals surface area (Å²) in [5.41, 5.74) is 1.88. The first-order chi connectivity index (χ1) is 12.6. The smallest absolute Gasteiger partial charge is 0.279 e. The molecule has 0 fully saturated rings. The van der Waals surface area contributed by atoms with Crippen molar-refractivity contribution in [2.24, 2.45) is 0 Å². The minimum absolute atomic E-state index is 0.0366. The van der Waals surface area contributed by atoms with Crippen molar-refractivity contribution in [3.63, 3.8) is 0 Å². The molecule has 1 atom stereocenters. The number of methoxy groups -OCH3 is 1. The Kier molecular flexibility index (Phi) is 5.96. The lowest BCUT2D eigenvalue weighted by Gasteiger charge is -2.15. The van der Waals surface area contributed by atoms with Gasteiger partial charge in [0.25, 0.3) is 5.91 Å². The Hall–Kier alpha value is -2.73. The van der Waals surface area contributed by atoms with E-state index in [2.05, 4.69) is 5.32 Å². The van der Waals surface area contributed by atoms with Gasteiger partial charge in [-0.2, -0.15) is 0 Å². The number of carbonyl (C=O) groups is 1. The second kappa shape index (κ2) is 8.58. The number of quaternary nitrogens is 1. The van der Waals surface area contributed by atoms with Gasteiger partial charge in [0.15, 0.2) is 18.0 Å². The maximum Gasteiger partial charge on any atom is 0.279 e. The summed E-state index contributed by atoms with van der Waals surface area (Å²) >= 11 is 0. The number of anilines is 1. The third kappa shape index (κ3) is 4.89. The van der Waals surface area contributed by atoms with Crippen molar-refractivity contribution in [1.29, 1.82) is 0 Å². The number of benzene rings is 2. The van der Waals surface area contributed by atoms with Gasteiger partial charge < -0.3 is 24.4 Å². The second-order valence-corrected chi connectivity index (χ2v) is 6.42. The molecule has 0 saturated carbocycles. The molecule has 2 aromatic rings. The Labute approximate surface area is 153 Å². The van der Waals surface area contributed by atoms with Crippen LogP contribution in [0.15, 0.2) is 42.5 Å². The van der Waals surface area contributed by atoms with Crippen molar-refractivity contribution in [3.8, 4) is 17.2 Å². The highest BCUT2D eigenvalue weighted by Crippen LogP contribution is 2.32. The van der Waals surface area contributed by atoms with Crippen LogP contribution in [-0.4, -0.2) is 39.8 Å². The number of rotatable bonds is 6. The molecule has 1 heterocycles. The molecule has 6 heteroatoms. The Bertz CT molecular complexity index is 746. The summed E-state index contributed by atoms with van der Waals surface area (Å²) in [5, 5.41) is 2.93. The van der Waals surface area contributed by atoms with Crippen LogP contribution in [0.3, 0.4) is 0 Å². The van der Waals surface area contributed by atoms with Crippen molar-refractivity contribution in [3.05, 3.63) is 48.0 Å². The average Bonchev–Trinajstić information content (AvgIpc) is 2.87. The van der Waals surface area contributed by atoms with E-state index in [0.717, 1.165) is 40.6 Å². The van der Waals surface area contributed by atoms with Gasteiger partial charge in [-0.15, -0.1) is 0 Å². The van der Waals surface area contributed by atoms with E-state index in [1.54, 1.807) is 7.11 Å². The molecule has 0 aliphatic carbocycles. The number of hydrogen-bond acceptors (Lipinski definition) is 4. The van der Waals surface area contributed by atoms with E-state index in [-0.39, 0.29) is 5.91 Å². The summed E-state index contributed by atoms with van der Waals surface area (Å²) < 4.78 is 16.4. The van der Waals surface area contributed by atoms with Crippen LogP contribution in [0, 0.1) is 0 Å². The maximum absolute atomic E-state index is 12.3. The minimum Gasteiger partial charge on any atom is -0.497 e. The summed E-state index contributed by atoms with van der Waals surface area (Å²) in [6, 6.07) is 13.4. The topological polar surface area (TPSA) is 61.2 Å². The molecule has 0 bridgehead atoms. The number of fused-ring (bicyclic) bond motifs is 1. The van der Waals surface area contributed by atoms with Crippen LogP contribution in [0.25, 0.3) is 0 Å². The third-order valence-corrected chi connectivity index (χ3v) is 4.16. The van der Waals surface area contributed by atoms with Crippen molar-refractivity contribution < 1.29 is 23.9 Å². The van der Waals surface area contributed by atoms with E-state index in [1.165, 1.54) is 0 Å².